The molecule has 28 heavy (non-hydrogen) atoms. The summed E-state index contributed by atoms with van der Waals surface area (Å²) in [7, 11) is 0. The number of benzene rings is 1. The van der Waals surface area contributed by atoms with Crippen molar-refractivity contribution in [3.05, 3.63) is 53.5 Å². The lowest BCUT2D eigenvalue weighted by atomic mass is 9.73. The van der Waals surface area contributed by atoms with Crippen LogP contribution in [0.25, 0.3) is 0 Å². The molecular weight excluding hydrogens is 361 g/mol. The first-order chi connectivity index (χ1) is 13.0. The Morgan fingerprint density at radius 1 is 1.07 bits per heavy atom. The SMILES string of the molecule is CCc1ccc(Oc2cccc(F)n2)cc1C1C(=O)C(C)(C)OC(C)(C)C1=O. The van der Waals surface area contributed by atoms with E-state index in [1.165, 1.54) is 18.2 Å². The van der Waals surface area contributed by atoms with E-state index in [0.717, 1.165) is 5.56 Å². The summed E-state index contributed by atoms with van der Waals surface area (Å²) in [5, 5.41) is 0. The Bertz CT molecular complexity index is 910. The summed E-state index contributed by atoms with van der Waals surface area (Å²) < 4.78 is 24.8. The molecular formula is C22H24FNO4. The fourth-order valence-corrected chi connectivity index (χ4v) is 3.63. The first kappa shape index (κ1) is 20.1. The van der Waals surface area contributed by atoms with E-state index >= 15 is 0 Å². The molecule has 148 valence electrons. The van der Waals surface area contributed by atoms with E-state index in [-0.39, 0.29) is 17.4 Å². The third-order valence-corrected chi connectivity index (χ3v) is 4.94. The number of ether oxygens (including phenoxy) is 2. The van der Waals surface area contributed by atoms with Gasteiger partial charge in [0.1, 0.15) is 22.9 Å². The summed E-state index contributed by atoms with van der Waals surface area (Å²) in [6.45, 7) is 8.68. The summed E-state index contributed by atoms with van der Waals surface area (Å²) >= 11 is 0. The number of carbonyl (C=O) groups is 2. The van der Waals surface area contributed by atoms with Crippen LogP contribution >= 0.6 is 0 Å². The van der Waals surface area contributed by atoms with Gasteiger partial charge in [0, 0.05) is 6.07 Å². The molecule has 1 aliphatic heterocycles. The van der Waals surface area contributed by atoms with Crippen molar-refractivity contribution in [2.45, 2.75) is 58.2 Å². The molecule has 0 aliphatic carbocycles. The molecule has 1 fully saturated rings. The van der Waals surface area contributed by atoms with Crippen LogP contribution in [-0.4, -0.2) is 27.8 Å². The molecule has 3 rings (SSSR count). The highest BCUT2D eigenvalue weighted by Crippen LogP contribution is 2.40. The number of rotatable bonds is 4. The topological polar surface area (TPSA) is 65.5 Å². The molecule has 0 unspecified atom stereocenters. The van der Waals surface area contributed by atoms with Crippen LogP contribution in [0.15, 0.2) is 36.4 Å². The predicted octanol–water partition coefficient (Wildman–Crippen LogP) is 4.38. The molecule has 0 radical (unpaired) electrons. The number of Topliss-reactive ketones (excluding diaryl/α,β-unsaturated/α-hetero) is 2. The molecule has 5 nitrogen and oxygen atoms in total. The molecule has 1 aromatic carbocycles. The number of ketones is 2. The maximum absolute atomic E-state index is 13.3. The zero-order valence-corrected chi connectivity index (χ0v) is 16.7. The van der Waals surface area contributed by atoms with Crippen LogP contribution in [-0.2, 0) is 20.7 Å². The van der Waals surface area contributed by atoms with Crippen LogP contribution in [0.2, 0.25) is 0 Å². The number of halogens is 1. The van der Waals surface area contributed by atoms with Crippen molar-refractivity contribution < 1.29 is 23.5 Å². The number of aryl methyl sites for hydroxylation is 1. The smallest absolute Gasteiger partial charge is 0.221 e. The minimum atomic E-state index is -1.09. The number of pyridine rings is 1. The summed E-state index contributed by atoms with van der Waals surface area (Å²) in [4.78, 5) is 29.8. The lowest BCUT2D eigenvalue weighted by Crippen LogP contribution is -2.58. The molecule has 0 bridgehead atoms. The second-order valence-corrected chi connectivity index (χ2v) is 7.90. The van der Waals surface area contributed by atoms with Gasteiger partial charge in [-0.15, -0.1) is 0 Å². The van der Waals surface area contributed by atoms with Crippen molar-refractivity contribution in [3.8, 4) is 11.6 Å². The minimum absolute atomic E-state index is 0.0977. The van der Waals surface area contributed by atoms with Gasteiger partial charge in [-0.3, -0.25) is 9.59 Å². The zero-order chi connectivity index (χ0) is 20.7. The Balaban J connectivity index is 2.06. The summed E-state index contributed by atoms with van der Waals surface area (Å²) in [6.07, 6.45) is 0.645. The van der Waals surface area contributed by atoms with Crippen molar-refractivity contribution in [2.24, 2.45) is 0 Å². The van der Waals surface area contributed by atoms with Crippen LogP contribution in [0.4, 0.5) is 4.39 Å². The van der Waals surface area contributed by atoms with Gasteiger partial charge in [0.25, 0.3) is 0 Å². The van der Waals surface area contributed by atoms with E-state index in [4.69, 9.17) is 9.47 Å². The first-order valence-electron chi connectivity index (χ1n) is 9.27. The van der Waals surface area contributed by atoms with Crippen LogP contribution in [0.3, 0.4) is 0 Å². The maximum atomic E-state index is 13.3. The lowest BCUT2D eigenvalue weighted by Gasteiger charge is -2.43. The predicted molar refractivity (Wildman–Crippen MR) is 102 cm³/mol. The molecule has 1 aliphatic rings. The zero-order valence-electron chi connectivity index (χ0n) is 16.7. The molecule has 2 heterocycles. The Labute approximate surface area is 163 Å². The van der Waals surface area contributed by atoms with Crippen molar-refractivity contribution in [1.29, 1.82) is 0 Å². The number of hydrogen-bond donors (Lipinski definition) is 0. The van der Waals surface area contributed by atoms with Crippen LogP contribution in [0, 0.1) is 5.95 Å². The second kappa shape index (κ2) is 7.09. The van der Waals surface area contributed by atoms with Gasteiger partial charge >= 0.3 is 0 Å². The molecule has 2 aromatic rings. The van der Waals surface area contributed by atoms with Gasteiger partial charge in [-0.05, 0) is 63.4 Å². The highest BCUT2D eigenvalue weighted by atomic mass is 19.1. The van der Waals surface area contributed by atoms with Crippen LogP contribution in [0.5, 0.6) is 11.6 Å². The van der Waals surface area contributed by atoms with E-state index in [1.54, 1.807) is 39.8 Å². The highest BCUT2D eigenvalue weighted by molar-refractivity contribution is 6.15. The maximum Gasteiger partial charge on any atom is 0.221 e. The number of nitrogens with zero attached hydrogens (tertiary/aromatic N) is 1. The van der Waals surface area contributed by atoms with Crippen molar-refractivity contribution >= 4 is 11.6 Å². The van der Waals surface area contributed by atoms with Gasteiger partial charge in [0.05, 0.1) is 0 Å². The molecule has 1 aromatic heterocycles. The average molecular weight is 385 g/mol. The van der Waals surface area contributed by atoms with Crippen LogP contribution in [0.1, 0.15) is 51.7 Å². The summed E-state index contributed by atoms with van der Waals surface area (Å²) in [5.74, 6) is -1.69. The number of aromatic nitrogens is 1. The largest absolute Gasteiger partial charge is 0.439 e. The standard InChI is InChI=1S/C22H24FNO4/c1-6-13-10-11-14(27-17-9-7-8-16(23)24-17)12-15(13)18-19(25)21(2,3)28-22(4,5)20(18)26/h7-12,18H,6H2,1-5H3. The molecule has 0 atom stereocenters. The molecule has 0 N–H and O–H groups in total. The second-order valence-electron chi connectivity index (χ2n) is 7.90. The Morgan fingerprint density at radius 2 is 1.71 bits per heavy atom. The van der Waals surface area contributed by atoms with E-state index < -0.39 is 23.1 Å². The fraction of sp³-hybridized carbons (Fsp3) is 0.409. The molecule has 6 heteroatoms. The fourth-order valence-electron chi connectivity index (χ4n) is 3.63. The van der Waals surface area contributed by atoms with Gasteiger partial charge in [0.2, 0.25) is 11.8 Å². The Morgan fingerprint density at radius 3 is 2.29 bits per heavy atom. The first-order valence-corrected chi connectivity index (χ1v) is 9.27. The number of carbonyl (C=O) groups excluding carboxylic acids is 2. The highest BCUT2D eigenvalue weighted by Gasteiger charge is 2.53. The van der Waals surface area contributed by atoms with E-state index in [0.29, 0.717) is 17.7 Å². The van der Waals surface area contributed by atoms with Crippen molar-refractivity contribution in [2.75, 3.05) is 0 Å². The normalized spacial score (nSPS) is 18.9. The Hall–Kier alpha value is -2.60. The molecule has 1 saturated heterocycles. The van der Waals surface area contributed by atoms with Crippen molar-refractivity contribution in [3.63, 3.8) is 0 Å². The quantitative estimate of drug-likeness (QED) is 0.577. The van der Waals surface area contributed by atoms with Crippen molar-refractivity contribution in [1.82, 2.24) is 4.98 Å². The van der Waals surface area contributed by atoms with Gasteiger partial charge in [-0.25, -0.2) is 0 Å². The lowest BCUT2D eigenvalue weighted by molar-refractivity contribution is -0.184. The summed E-state index contributed by atoms with van der Waals surface area (Å²) in [6, 6.07) is 9.47. The van der Waals surface area contributed by atoms with E-state index in [9.17, 15) is 14.0 Å². The average Bonchev–Trinajstić information content (AvgIpc) is 2.60. The molecule has 0 spiro atoms. The van der Waals surface area contributed by atoms with Gasteiger partial charge in [0.15, 0.2) is 11.6 Å². The molecule has 0 saturated carbocycles. The Kier molecular flexibility index (Phi) is 5.10. The third kappa shape index (κ3) is 3.69. The van der Waals surface area contributed by atoms with Crippen LogP contribution < -0.4 is 4.74 Å². The van der Waals surface area contributed by atoms with Gasteiger partial charge < -0.3 is 9.47 Å². The van der Waals surface area contributed by atoms with Gasteiger partial charge in [-0.2, -0.15) is 9.37 Å². The summed E-state index contributed by atoms with van der Waals surface area (Å²) in [5.41, 5.74) is -0.710. The molecule has 0 amide bonds. The van der Waals surface area contributed by atoms with Gasteiger partial charge in [-0.1, -0.05) is 19.1 Å². The number of hydrogen-bond acceptors (Lipinski definition) is 5. The monoisotopic (exact) mass is 385 g/mol. The van der Waals surface area contributed by atoms with E-state index in [1.807, 2.05) is 13.0 Å². The minimum Gasteiger partial charge on any atom is -0.439 e. The third-order valence-electron chi connectivity index (χ3n) is 4.94. The van der Waals surface area contributed by atoms with E-state index in [2.05, 4.69) is 4.98 Å².